The van der Waals surface area contributed by atoms with E-state index < -0.39 is 0 Å². The maximum absolute atomic E-state index is 8.48. The van der Waals surface area contributed by atoms with Crippen molar-refractivity contribution in [2.75, 3.05) is 65.6 Å². The van der Waals surface area contributed by atoms with Crippen molar-refractivity contribution in [1.82, 2.24) is 9.80 Å². The van der Waals surface area contributed by atoms with Crippen LogP contribution in [0.2, 0.25) is 0 Å². The van der Waals surface area contributed by atoms with Crippen LogP contribution < -0.4 is 4.90 Å². The smallest absolute Gasteiger partial charge is 0.0901 e. The Morgan fingerprint density at radius 1 is 1.11 bits per heavy atom. The Morgan fingerprint density at radius 3 is 1.72 bits per heavy atom. The standard InChI is InChI=1S/C6H12N2.C5H11NO2S2/c1-2-8-5-3-7(1)4-6-8;7-3-1-6(2-4-8)5(9)10/h1-6H2;7-8H,1-4H2,(H,9,10). The second-order valence-electron chi connectivity index (χ2n) is 4.54. The molecule has 3 saturated heterocycles. The third-order valence-electron chi connectivity index (χ3n) is 3.34. The fourth-order valence-electron chi connectivity index (χ4n) is 2.19. The molecule has 3 N–H and O–H groups in total. The molecule has 0 unspecified atom stereocenters. The fraction of sp³-hybridized carbons (Fsp3) is 0.909. The van der Waals surface area contributed by atoms with Gasteiger partial charge in [0.1, 0.15) is 0 Å². The van der Waals surface area contributed by atoms with Gasteiger partial charge in [0.25, 0.3) is 0 Å². The molecule has 18 heavy (non-hydrogen) atoms. The molecule has 3 rings (SSSR count). The Labute approximate surface area is 120 Å². The summed E-state index contributed by atoms with van der Waals surface area (Å²) in [6.07, 6.45) is 0. The highest BCUT2D eigenvalue weighted by Gasteiger charge is 2.25. The first kappa shape index (κ1) is 16.0. The maximum Gasteiger partial charge on any atom is 0.0901 e. The Hall–Kier alpha value is -0.0500. The van der Waals surface area contributed by atoms with Gasteiger partial charge < -0.3 is 44.9 Å². The monoisotopic (exact) mass is 293 g/mol. The largest absolute Gasteiger partial charge is 0.411 e. The van der Waals surface area contributed by atoms with Crippen LogP contribution in [0.4, 0.5) is 0 Å². The van der Waals surface area contributed by atoms with Gasteiger partial charge in [-0.25, -0.2) is 0 Å². The van der Waals surface area contributed by atoms with E-state index in [2.05, 4.69) is 29.7 Å². The summed E-state index contributed by atoms with van der Waals surface area (Å²) < 4.78 is 0.295. The third kappa shape index (κ3) is 5.73. The number of quaternary nitrogens is 1. The lowest BCUT2D eigenvalue weighted by atomic mass is 10.2. The summed E-state index contributed by atoms with van der Waals surface area (Å²) in [5.41, 5.74) is 0. The van der Waals surface area contributed by atoms with Crippen molar-refractivity contribution in [3.05, 3.63) is 0 Å². The molecule has 0 aliphatic carbocycles. The lowest BCUT2D eigenvalue weighted by molar-refractivity contribution is -0.914. The molecule has 7 heteroatoms. The van der Waals surface area contributed by atoms with Crippen molar-refractivity contribution in [2.24, 2.45) is 0 Å². The topological polar surface area (TPSA) is 51.4 Å². The van der Waals surface area contributed by atoms with Gasteiger partial charge in [-0.3, -0.25) is 4.90 Å². The van der Waals surface area contributed by atoms with Gasteiger partial charge in [0.2, 0.25) is 0 Å². The van der Waals surface area contributed by atoms with E-state index in [9.17, 15) is 0 Å². The number of rotatable bonds is 4. The van der Waals surface area contributed by atoms with Gasteiger partial charge >= 0.3 is 0 Å². The average Bonchev–Trinajstić information content (AvgIpc) is 2.41. The molecule has 5 nitrogen and oxygen atoms in total. The number of fused-ring (bicyclic) bond motifs is 3. The number of nitrogens with one attached hydrogen (secondary N) is 1. The van der Waals surface area contributed by atoms with Crippen LogP contribution in [0.3, 0.4) is 0 Å². The summed E-state index contributed by atoms with van der Waals surface area (Å²) in [4.78, 5) is 5.96. The zero-order chi connectivity index (χ0) is 13.4. The van der Waals surface area contributed by atoms with Crippen LogP contribution in [0.25, 0.3) is 0 Å². The minimum absolute atomic E-state index is 0.0107. The highest BCUT2D eigenvalue weighted by molar-refractivity contribution is 8.00. The van der Waals surface area contributed by atoms with Crippen LogP contribution in [0.5, 0.6) is 0 Å². The molecule has 106 valence electrons. The van der Waals surface area contributed by atoms with Crippen LogP contribution in [-0.4, -0.2) is 89.9 Å². The number of thiocarbonyl (C=S) groups is 1. The Morgan fingerprint density at radius 2 is 1.56 bits per heavy atom. The van der Waals surface area contributed by atoms with Crippen molar-refractivity contribution in [1.29, 1.82) is 0 Å². The molecule has 0 spiro atoms. The number of nitrogens with zero attached hydrogens (tertiary/aromatic N) is 2. The molecule has 0 aromatic heterocycles. The molecule has 3 aliphatic rings. The zero-order valence-electron chi connectivity index (χ0n) is 10.7. The Bertz CT molecular complexity index is 219. The van der Waals surface area contributed by atoms with Gasteiger partial charge in [-0.15, -0.1) is 0 Å². The van der Waals surface area contributed by atoms with Crippen LogP contribution in [0.1, 0.15) is 0 Å². The molecule has 0 amide bonds. The highest BCUT2D eigenvalue weighted by atomic mass is 32.1. The molecule has 2 bridgehead atoms. The summed E-state index contributed by atoms with van der Waals surface area (Å²) in [6, 6.07) is 0. The molecule has 0 radical (unpaired) electrons. The number of hydrogen-bond acceptors (Lipinski definition) is 5. The minimum Gasteiger partial charge on any atom is -0.411 e. The summed E-state index contributed by atoms with van der Waals surface area (Å²) >= 11 is 9.33. The van der Waals surface area contributed by atoms with Crippen LogP contribution >= 0.6 is 12.2 Å². The molecule has 3 fully saturated rings. The summed E-state index contributed by atoms with van der Waals surface area (Å²) in [7, 11) is 0. The van der Waals surface area contributed by atoms with Gasteiger partial charge in [-0.1, -0.05) is 4.32 Å². The van der Waals surface area contributed by atoms with Crippen molar-refractivity contribution in [3.63, 3.8) is 0 Å². The molecule has 0 atom stereocenters. The Balaban J connectivity index is 0.000000182. The zero-order valence-corrected chi connectivity index (χ0v) is 12.3. The van der Waals surface area contributed by atoms with Gasteiger partial charge in [0.15, 0.2) is 0 Å². The van der Waals surface area contributed by atoms with E-state index in [-0.39, 0.29) is 13.2 Å². The Kier molecular flexibility index (Phi) is 7.96. The first-order chi connectivity index (χ1) is 8.67. The predicted molar refractivity (Wildman–Crippen MR) is 77.7 cm³/mol. The van der Waals surface area contributed by atoms with E-state index in [1.807, 2.05) is 4.90 Å². The average molecular weight is 293 g/mol. The van der Waals surface area contributed by atoms with Crippen molar-refractivity contribution in [3.8, 4) is 0 Å². The molecular formula is C11H23N3O2S2. The van der Waals surface area contributed by atoms with Crippen LogP contribution in [0, 0.1) is 0 Å². The summed E-state index contributed by atoms with van der Waals surface area (Å²) in [6.45, 7) is 9.11. The van der Waals surface area contributed by atoms with E-state index in [4.69, 9.17) is 10.2 Å². The third-order valence-corrected chi connectivity index (χ3v) is 3.86. The van der Waals surface area contributed by atoms with Gasteiger partial charge in [-0.2, -0.15) is 0 Å². The molecular weight excluding hydrogens is 270 g/mol. The number of piperazine rings is 3. The molecule has 3 aliphatic heterocycles. The fourth-order valence-corrected chi connectivity index (χ4v) is 2.56. The normalized spacial score (nSPS) is 25.2. The van der Waals surface area contributed by atoms with E-state index in [0.29, 0.717) is 17.4 Å². The second-order valence-corrected chi connectivity index (χ2v) is 5.57. The minimum atomic E-state index is 0.0107. The number of aliphatic hydroxyl groups excluding tert-OH is 2. The SMILES string of the molecule is C1C[NH+]2CCN1CC2.OCCN(CCO)C(=S)[S-]. The van der Waals surface area contributed by atoms with Crippen LogP contribution in [-0.2, 0) is 12.6 Å². The van der Waals surface area contributed by atoms with E-state index in [1.54, 1.807) is 4.90 Å². The molecule has 0 aromatic rings. The van der Waals surface area contributed by atoms with Crippen molar-refractivity contribution >= 4 is 29.2 Å². The highest BCUT2D eigenvalue weighted by Crippen LogP contribution is 1.91. The first-order valence-electron chi connectivity index (χ1n) is 6.41. The lowest BCUT2D eigenvalue weighted by Crippen LogP contribution is -3.17. The quantitative estimate of drug-likeness (QED) is 0.388. The van der Waals surface area contributed by atoms with Gasteiger partial charge in [0, 0.05) is 32.7 Å². The number of aliphatic hydroxyl groups is 2. The van der Waals surface area contributed by atoms with Gasteiger partial charge in [0.05, 0.1) is 32.8 Å². The van der Waals surface area contributed by atoms with Gasteiger partial charge in [-0.05, 0) is 0 Å². The first-order valence-corrected chi connectivity index (χ1v) is 7.22. The van der Waals surface area contributed by atoms with Crippen molar-refractivity contribution < 1.29 is 15.1 Å². The molecule has 0 saturated carbocycles. The van der Waals surface area contributed by atoms with E-state index in [0.717, 1.165) is 0 Å². The second kappa shape index (κ2) is 8.95. The predicted octanol–water partition coefficient (Wildman–Crippen LogP) is -2.69. The van der Waals surface area contributed by atoms with E-state index in [1.165, 1.54) is 39.3 Å². The molecule has 3 heterocycles. The summed E-state index contributed by atoms with van der Waals surface area (Å²) in [5, 5.41) is 17.0. The summed E-state index contributed by atoms with van der Waals surface area (Å²) in [5.74, 6) is 0. The maximum atomic E-state index is 8.48. The van der Waals surface area contributed by atoms with Crippen LogP contribution in [0.15, 0.2) is 0 Å². The van der Waals surface area contributed by atoms with E-state index >= 15 is 0 Å². The molecule has 0 aromatic carbocycles. The van der Waals surface area contributed by atoms with Crippen molar-refractivity contribution in [2.45, 2.75) is 0 Å². The lowest BCUT2D eigenvalue weighted by Gasteiger charge is -2.38. The number of hydrogen-bond donors (Lipinski definition) is 3.